The standard InChI is InChI=1S/C32H33NO5/c1-3-37-31(35)32(18-19-32)27-15-13-25(14-16-27)24-9-11-26(12-10-24)30-29(22(2)33-38-30)28(34)21-36-20-17-23-7-5-4-6-8-23/h4-16,28,34H,3,17-21H2,1-2H3/t28-/m1/s1. The Morgan fingerprint density at radius 1 is 0.974 bits per heavy atom. The first-order valence-corrected chi connectivity index (χ1v) is 13.2. The number of rotatable bonds is 11. The Kier molecular flexibility index (Phi) is 7.72. The highest BCUT2D eigenvalue weighted by molar-refractivity contribution is 5.87. The summed E-state index contributed by atoms with van der Waals surface area (Å²) in [6, 6.07) is 26.3. The van der Waals surface area contributed by atoms with Crippen molar-refractivity contribution in [3.8, 4) is 22.5 Å². The van der Waals surface area contributed by atoms with Crippen molar-refractivity contribution >= 4 is 5.97 Å². The van der Waals surface area contributed by atoms with Crippen molar-refractivity contribution in [2.45, 2.75) is 44.6 Å². The number of carbonyl (C=O) groups is 1. The normalized spacial score (nSPS) is 14.7. The Morgan fingerprint density at radius 3 is 2.24 bits per heavy atom. The molecule has 3 aromatic carbocycles. The van der Waals surface area contributed by atoms with E-state index in [9.17, 15) is 9.90 Å². The lowest BCUT2D eigenvalue weighted by Crippen LogP contribution is -2.23. The Labute approximate surface area is 223 Å². The van der Waals surface area contributed by atoms with Gasteiger partial charge in [-0.25, -0.2) is 0 Å². The Hall–Kier alpha value is -3.74. The number of esters is 1. The third kappa shape index (κ3) is 5.42. The molecule has 1 N–H and O–H groups in total. The maximum atomic E-state index is 12.4. The van der Waals surface area contributed by atoms with Gasteiger partial charge in [0, 0.05) is 5.56 Å². The average Bonchev–Trinajstić information content (AvgIpc) is 3.68. The maximum absolute atomic E-state index is 12.4. The minimum atomic E-state index is -0.839. The number of aryl methyl sites for hydroxylation is 1. The van der Waals surface area contributed by atoms with E-state index in [1.165, 1.54) is 5.56 Å². The van der Waals surface area contributed by atoms with Crippen molar-refractivity contribution in [2.24, 2.45) is 0 Å². The third-order valence-corrected chi connectivity index (χ3v) is 7.23. The Morgan fingerprint density at radius 2 is 1.61 bits per heavy atom. The van der Waals surface area contributed by atoms with E-state index >= 15 is 0 Å². The fourth-order valence-electron chi connectivity index (χ4n) is 4.89. The van der Waals surface area contributed by atoms with Crippen LogP contribution in [0.1, 0.15) is 48.3 Å². The minimum absolute atomic E-state index is 0.126. The molecule has 0 spiro atoms. The van der Waals surface area contributed by atoms with Gasteiger partial charge in [-0.1, -0.05) is 84.0 Å². The second kappa shape index (κ2) is 11.3. The van der Waals surface area contributed by atoms with Crippen molar-refractivity contribution in [3.05, 3.63) is 101 Å². The predicted octanol–water partition coefficient (Wildman–Crippen LogP) is 6.20. The molecular weight excluding hydrogens is 478 g/mol. The number of ether oxygens (including phenoxy) is 2. The summed E-state index contributed by atoms with van der Waals surface area (Å²) in [6.45, 7) is 4.75. The highest BCUT2D eigenvalue weighted by Crippen LogP contribution is 2.49. The van der Waals surface area contributed by atoms with Gasteiger partial charge < -0.3 is 19.1 Å². The fraction of sp³-hybridized carbons (Fsp3) is 0.312. The van der Waals surface area contributed by atoms with Crippen molar-refractivity contribution in [3.63, 3.8) is 0 Å². The Balaban J connectivity index is 1.24. The van der Waals surface area contributed by atoms with Crippen LogP contribution in [-0.2, 0) is 26.1 Å². The molecule has 1 saturated carbocycles. The molecule has 1 aliphatic rings. The van der Waals surface area contributed by atoms with Crippen LogP contribution in [0.25, 0.3) is 22.5 Å². The molecule has 6 heteroatoms. The largest absolute Gasteiger partial charge is 0.465 e. The van der Waals surface area contributed by atoms with E-state index in [-0.39, 0.29) is 12.6 Å². The summed E-state index contributed by atoms with van der Waals surface area (Å²) in [5.41, 5.74) is 5.98. The molecule has 0 radical (unpaired) electrons. The topological polar surface area (TPSA) is 81.8 Å². The van der Waals surface area contributed by atoms with E-state index in [4.69, 9.17) is 14.0 Å². The zero-order valence-electron chi connectivity index (χ0n) is 21.9. The van der Waals surface area contributed by atoms with Gasteiger partial charge in [0.05, 0.1) is 36.5 Å². The lowest BCUT2D eigenvalue weighted by Gasteiger charge is -2.15. The molecule has 1 aliphatic carbocycles. The number of benzene rings is 3. The molecule has 6 nitrogen and oxygen atoms in total. The molecule has 0 saturated heterocycles. The number of carbonyl (C=O) groups excluding carboxylic acids is 1. The fourth-order valence-corrected chi connectivity index (χ4v) is 4.89. The molecule has 5 rings (SSSR count). The number of nitrogens with zero attached hydrogens (tertiary/aromatic N) is 1. The van der Waals surface area contributed by atoms with E-state index in [2.05, 4.69) is 17.3 Å². The minimum Gasteiger partial charge on any atom is -0.465 e. The number of aromatic nitrogens is 1. The number of hydrogen-bond donors (Lipinski definition) is 1. The van der Waals surface area contributed by atoms with E-state index in [1.54, 1.807) is 0 Å². The SMILES string of the molecule is CCOC(=O)C1(c2ccc(-c3ccc(-c4onc(C)c4[C@H](O)COCCc4ccccc4)cc3)cc2)CC1. The predicted molar refractivity (Wildman–Crippen MR) is 146 cm³/mol. The molecule has 0 unspecified atom stereocenters. The van der Waals surface area contributed by atoms with Gasteiger partial charge in [0.15, 0.2) is 5.76 Å². The van der Waals surface area contributed by atoms with E-state index in [0.717, 1.165) is 41.5 Å². The number of aliphatic hydroxyl groups excluding tert-OH is 1. The van der Waals surface area contributed by atoms with Crippen molar-refractivity contribution in [1.29, 1.82) is 0 Å². The zero-order valence-corrected chi connectivity index (χ0v) is 21.9. The van der Waals surface area contributed by atoms with Crippen LogP contribution in [0, 0.1) is 6.92 Å². The van der Waals surface area contributed by atoms with Crippen LogP contribution in [0.2, 0.25) is 0 Å². The summed E-state index contributed by atoms with van der Waals surface area (Å²) in [7, 11) is 0. The second-order valence-corrected chi connectivity index (χ2v) is 9.79. The van der Waals surface area contributed by atoms with Gasteiger partial charge in [-0.2, -0.15) is 0 Å². The summed E-state index contributed by atoms with van der Waals surface area (Å²) in [5.74, 6) is 0.424. The molecule has 0 amide bonds. The van der Waals surface area contributed by atoms with Crippen molar-refractivity contribution in [1.82, 2.24) is 5.16 Å². The van der Waals surface area contributed by atoms with Crippen LogP contribution >= 0.6 is 0 Å². The summed E-state index contributed by atoms with van der Waals surface area (Å²) < 4.78 is 16.7. The van der Waals surface area contributed by atoms with Crippen LogP contribution in [0.5, 0.6) is 0 Å². The Bertz CT molecular complexity index is 1360. The smallest absolute Gasteiger partial charge is 0.316 e. The first-order chi connectivity index (χ1) is 18.5. The first-order valence-electron chi connectivity index (χ1n) is 13.2. The zero-order chi connectivity index (χ0) is 26.5. The highest BCUT2D eigenvalue weighted by Gasteiger charge is 2.52. The summed E-state index contributed by atoms with van der Waals surface area (Å²) in [6.07, 6.45) is 1.62. The van der Waals surface area contributed by atoms with Crippen LogP contribution < -0.4 is 0 Å². The number of aliphatic hydroxyl groups is 1. The molecular formula is C32H33NO5. The molecule has 0 bridgehead atoms. The van der Waals surface area contributed by atoms with E-state index in [0.29, 0.717) is 30.2 Å². The van der Waals surface area contributed by atoms with Gasteiger partial charge in [0.25, 0.3) is 0 Å². The molecule has 1 aromatic heterocycles. The molecule has 1 fully saturated rings. The van der Waals surface area contributed by atoms with E-state index < -0.39 is 11.5 Å². The van der Waals surface area contributed by atoms with Gasteiger partial charge in [-0.15, -0.1) is 0 Å². The molecule has 196 valence electrons. The average molecular weight is 512 g/mol. The van der Waals surface area contributed by atoms with Crippen LogP contribution in [0.15, 0.2) is 83.4 Å². The molecule has 0 aliphatic heterocycles. The maximum Gasteiger partial charge on any atom is 0.316 e. The quantitative estimate of drug-likeness (QED) is 0.191. The number of hydrogen-bond acceptors (Lipinski definition) is 6. The van der Waals surface area contributed by atoms with Crippen molar-refractivity contribution in [2.75, 3.05) is 19.8 Å². The molecule has 4 aromatic rings. The van der Waals surface area contributed by atoms with Gasteiger partial charge in [0.1, 0.15) is 6.10 Å². The third-order valence-electron chi connectivity index (χ3n) is 7.23. The lowest BCUT2D eigenvalue weighted by molar-refractivity contribution is -0.146. The van der Waals surface area contributed by atoms with Crippen molar-refractivity contribution < 1.29 is 23.9 Å². The lowest BCUT2D eigenvalue weighted by atomic mass is 9.93. The van der Waals surface area contributed by atoms with Gasteiger partial charge >= 0.3 is 5.97 Å². The second-order valence-electron chi connectivity index (χ2n) is 9.79. The molecule has 1 atom stereocenters. The van der Waals surface area contributed by atoms with E-state index in [1.807, 2.05) is 80.6 Å². The molecule has 1 heterocycles. The monoisotopic (exact) mass is 511 g/mol. The summed E-state index contributed by atoms with van der Waals surface area (Å²) in [5, 5.41) is 15.0. The first kappa shape index (κ1) is 25.9. The molecule has 38 heavy (non-hydrogen) atoms. The van der Waals surface area contributed by atoms with Crippen LogP contribution in [0.4, 0.5) is 0 Å². The van der Waals surface area contributed by atoms with Crippen LogP contribution in [0.3, 0.4) is 0 Å². The highest BCUT2D eigenvalue weighted by atomic mass is 16.5. The van der Waals surface area contributed by atoms with Crippen LogP contribution in [-0.4, -0.2) is 36.1 Å². The van der Waals surface area contributed by atoms with Gasteiger partial charge in [0.2, 0.25) is 0 Å². The van der Waals surface area contributed by atoms with Gasteiger partial charge in [-0.3, -0.25) is 4.79 Å². The summed E-state index contributed by atoms with van der Waals surface area (Å²) in [4.78, 5) is 12.4. The van der Waals surface area contributed by atoms with Gasteiger partial charge in [-0.05, 0) is 55.4 Å². The summed E-state index contributed by atoms with van der Waals surface area (Å²) >= 11 is 0.